The number of nitrogens with zero attached hydrogens (tertiary/aromatic N) is 5. The van der Waals surface area contributed by atoms with Crippen molar-refractivity contribution >= 4 is 33.8 Å². The third-order valence-electron chi connectivity index (χ3n) is 8.70. The molecule has 0 spiro atoms. The van der Waals surface area contributed by atoms with Crippen LogP contribution in [0, 0.1) is 23.5 Å². The summed E-state index contributed by atoms with van der Waals surface area (Å²) >= 11 is 0. The van der Waals surface area contributed by atoms with Gasteiger partial charge in [-0.25, -0.2) is 18.7 Å². The van der Waals surface area contributed by atoms with Crippen molar-refractivity contribution in [2.75, 3.05) is 31.6 Å². The van der Waals surface area contributed by atoms with E-state index in [1.807, 2.05) is 18.2 Å². The molecule has 3 atom stereocenters. The van der Waals surface area contributed by atoms with Gasteiger partial charge in [0.2, 0.25) is 5.65 Å². The topological polar surface area (TPSA) is 126 Å². The smallest absolute Gasteiger partial charge is 0.253 e. The number of fused-ring (bicyclic) bond motifs is 3. The number of nitrogens with two attached hydrogens (primary N) is 1. The second-order valence-electron chi connectivity index (χ2n) is 10.4. The van der Waals surface area contributed by atoms with E-state index in [-0.39, 0.29) is 24.3 Å². The quantitative estimate of drug-likeness (QED) is 0.311. The minimum absolute atomic E-state index is 0.0903. The van der Waals surface area contributed by atoms with Crippen LogP contribution in [-0.4, -0.2) is 57.7 Å². The zero-order valence-corrected chi connectivity index (χ0v) is 21.7. The molecule has 1 amide bonds. The van der Waals surface area contributed by atoms with E-state index in [0.29, 0.717) is 52.4 Å². The average molecular weight is 541 g/mol. The number of amides is 1. The van der Waals surface area contributed by atoms with Crippen LogP contribution in [0.1, 0.15) is 22.3 Å². The summed E-state index contributed by atoms with van der Waals surface area (Å²) in [5, 5.41) is 11.0. The summed E-state index contributed by atoms with van der Waals surface area (Å²) in [6, 6.07) is 11.7. The van der Waals surface area contributed by atoms with Gasteiger partial charge in [-0.05, 0) is 42.0 Å². The molecule has 2 unspecified atom stereocenters. The molecular formula is C29H26F2N8O. The number of halogens is 2. The Bertz CT molecular complexity index is 1810. The number of rotatable bonds is 5. The van der Waals surface area contributed by atoms with E-state index < -0.39 is 17.0 Å². The van der Waals surface area contributed by atoms with Crippen molar-refractivity contribution in [2.24, 2.45) is 17.6 Å². The molecule has 1 aliphatic heterocycles. The molecule has 2 fully saturated rings. The Morgan fingerprint density at radius 2 is 2.02 bits per heavy atom. The number of hydrogen-bond donors (Lipinski definition) is 3. The number of aromatic amines is 1. The van der Waals surface area contributed by atoms with Crippen LogP contribution < -0.4 is 16.0 Å². The highest BCUT2D eigenvalue weighted by Crippen LogP contribution is 2.63. The Labute approximate surface area is 227 Å². The fourth-order valence-corrected chi connectivity index (χ4v) is 6.70. The number of hydrogen-bond acceptors (Lipinski definition) is 7. The molecule has 40 heavy (non-hydrogen) atoms. The van der Waals surface area contributed by atoms with Crippen molar-refractivity contribution in [3.8, 4) is 11.3 Å². The number of anilines is 1. The standard InChI is InChI=1S/C29H26F2N8O/c1-33-28(40)17-8-7-16(15-4-3-10-34-24(15)17)25-26-27(38-37-25)36-22(12-35-26)39-11-9-18-20(13-39)29(18,14-32)19-5-2-6-21(30)23(19)31/h2-8,10,12,18,20H,9,11,13-14,32H2,1H3,(H,33,40)(H,36,37,38)/t18?,20?,29-/m1/s1. The molecule has 3 aromatic heterocycles. The van der Waals surface area contributed by atoms with E-state index in [2.05, 4.69) is 25.4 Å². The largest absolute Gasteiger partial charge is 0.355 e. The number of pyridine rings is 1. The van der Waals surface area contributed by atoms with Crippen molar-refractivity contribution in [3.05, 3.63) is 77.6 Å². The predicted octanol–water partition coefficient (Wildman–Crippen LogP) is 3.56. The zero-order valence-electron chi connectivity index (χ0n) is 21.7. The molecule has 0 radical (unpaired) electrons. The van der Waals surface area contributed by atoms with E-state index in [0.717, 1.165) is 23.4 Å². The molecule has 1 aliphatic carbocycles. The molecule has 5 aromatic rings. The van der Waals surface area contributed by atoms with Crippen LogP contribution in [-0.2, 0) is 5.41 Å². The third-order valence-corrected chi connectivity index (χ3v) is 8.70. The lowest BCUT2D eigenvalue weighted by Gasteiger charge is -2.26. The molecule has 11 heteroatoms. The van der Waals surface area contributed by atoms with Crippen molar-refractivity contribution in [3.63, 3.8) is 0 Å². The maximum absolute atomic E-state index is 14.8. The number of aromatic nitrogens is 5. The first-order valence-corrected chi connectivity index (χ1v) is 13.2. The summed E-state index contributed by atoms with van der Waals surface area (Å²) in [5.74, 6) is -0.908. The maximum atomic E-state index is 14.8. The SMILES string of the molecule is CNC(=O)c1ccc(-c2[nH]nc3nc(N4CCC5C(C4)[C@@]5(CN)c4cccc(F)c4F)cnc23)c2cccnc12. The molecule has 0 bridgehead atoms. The van der Waals surface area contributed by atoms with Crippen LogP contribution in [0.25, 0.3) is 33.3 Å². The van der Waals surface area contributed by atoms with Gasteiger partial charge in [-0.2, -0.15) is 5.10 Å². The van der Waals surface area contributed by atoms with Gasteiger partial charge in [-0.1, -0.05) is 24.3 Å². The Balaban J connectivity index is 1.21. The number of carbonyl (C=O) groups is 1. The molecule has 4 N–H and O–H groups in total. The zero-order chi connectivity index (χ0) is 27.6. The number of benzene rings is 2. The van der Waals surface area contributed by atoms with Crippen LogP contribution in [0.4, 0.5) is 14.6 Å². The van der Waals surface area contributed by atoms with Crippen LogP contribution in [0.3, 0.4) is 0 Å². The van der Waals surface area contributed by atoms with Crippen molar-refractivity contribution in [2.45, 2.75) is 11.8 Å². The lowest BCUT2D eigenvalue weighted by Crippen LogP contribution is -2.32. The summed E-state index contributed by atoms with van der Waals surface area (Å²) in [5.41, 5.74) is 9.59. The summed E-state index contributed by atoms with van der Waals surface area (Å²) in [6.07, 6.45) is 4.16. The van der Waals surface area contributed by atoms with Gasteiger partial charge in [0.15, 0.2) is 11.6 Å². The molecule has 4 heterocycles. The Kier molecular flexibility index (Phi) is 5.53. The minimum Gasteiger partial charge on any atom is -0.355 e. The van der Waals surface area contributed by atoms with E-state index in [4.69, 9.17) is 15.7 Å². The molecule has 2 aromatic carbocycles. The molecule has 1 saturated carbocycles. The van der Waals surface area contributed by atoms with Gasteiger partial charge in [0.1, 0.15) is 11.3 Å². The summed E-state index contributed by atoms with van der Waals surface area (Å²) in [7, 11) is 1.59. The van der Waals surface area contributed by atoms with Gasteiger partial charge in [-0.3, -0.25) is 14.9 Å². The maximum Gasteiger partial charge on any atom is 0.253 e. The Morgan fingerprint density at radius 1 is 1.15 bits per heavy atom. The normalized spacial score (nSPS) is 21.9. The summed E-state index contributed by atoms with van der Waals surface area (Å²) in [4.78, 5) is 28.5. The van der Waals surface area contributed by atoms with Gasteiger partial charge < -0.3 is 16.0 Å². The number of nitrogens with one attached hydrogen (secondary N) is 2. The van der Waals surface area contributed by atoms with Crippen LogP contribution in [0.2, 0.25) is 0 Å². The van der Waals surface area contributed by atoms with Crippen molar-refractivity contribution in [1.82, 2.24) is 30.5 Å². The fourth-order valence-electron chi connectivity index (χ4n) is 6.70. The third kappa shape index (κ3) is 3.43. The second-order valence-corrected chi connectivity index (χ2v) is 10.4. The Hall–Kier alpha value is -4.51. The molecule has 7 rings (SSSR count). The predicted molar refractivity (Wildman–Crippen MR) is 147 cm³/mol. The van der Waals surface area contributed by atoms with Crippen molar-refractivity contribution < 1.29 is 13.6 Å². The number of carbonyl (C=O) groups excluding carboxylic acids is 1. The monoisotopic (exact) mass is 540 g/mol. The van der Waals surface area contributed by atoms with Crippen molar-refractivity contribution in [1.29, 1.82) is 0 Å². The second kappa shape index (κ2) is 9.02. The van der Waals surface area contributed by atoms with Crippen LogP contribution in [0.5, 0.6) is 0 Å². The van der Waals surface area contributed by atoms with Crippen LogP contribution >= 0.6 is 0 Å². The average Bonchev–Trinajstić information content (AvgIpc) is 3.45. The van der Waals surface area contributed by atoms with E-state index in [1.54, 1.807) is 37.6 Å². The van der Waals surface area contributed by atoms with Gasteiger partial charge in [0, 0.05) is 49.2 Å². The molecular weight excluding hydrogens is 514 g/mol. The summed E-state index contributed by atoms with van der Waals surface area (Å²) < 4.78 is 28.8. The van der Waals surface area contributed by atoms with Gasteiger partial charge in [0.25, 0.3) is 5.91 Å². The first-order chi connectivity index (χ1) is 19.5. The highest BCUT2D eigenvalue weighted by atomic mass is 19.2. The van der Waals surface area contributed by atoms with Gasteiger partial charge in [0.05, 0.1) is 23.0 Å². The highest BCUT2D eigenvalue weighted by molar-refractivity contribution is 6.10. The summed E-state index contributed by atoms with van der Waals surface area (Å²) in [6.45, 7) is 1.58. The first-order valence-electron chi connectivity index (χ1n) is 13.2. The minimum atomic E-state index is -0.844. The van der Waals surface area contributed by atoms with Crippen LogP contribution in [0.15, 0.2) is 54.9 Å². The van der Waals surface area contributed by atoms with E-state index >= 15 is 0 Å². The molecule has 9 nitrogen and oxygen atoms in total. The fraction of sp³-hybridized carbons (Fsp3) is 0.276. The van der Waals surface area contributed by atoms with E-state index in [1.165, 1.54) is 0 Å². The molecule has 202 valence electrons. The lowest BCUT2D eigenvalue weighted by molar-refractivity contribution is 0.0964. The number of H-pyrrole nitrogens is 1. The highest BCUT2D eigenvalue weighted by Gasteiger charge is 2.66. The molecule has 2 aliphatic rings. The number of piperidine rings is 1. The van der Waals surface area contributed by atoms with Gasteiger partial charge >= 0.3 is 0 Å². The molecule has 1 saturated heterocycles. The lowest BCUT2D eigenvalue weighted by atomic mass is 9.90. The Morgan fingerprint density at radius 3 is 2.85 bits per heavy atom. The van der Waals surface area contributed by atoms with E-state index in [9.17, 15) is 13.6 Å². The van der Waals surface area contributed by atoms with Gasteiger partial charge in [-0.15, -0.1) is 0 Å². The first kappa shape index (κ1) is 24.5.